The van der Waals surface area contributed by atoms with E-state index in [9.17, 15) is 9.59 Å². The minimum atomic E-state index is 0.0115. The second-order valence-corrected chi connectivity index (χ2v) is 6.08. The van der Waals surface area contributed by atoms with E-state index in [-0.39, 0.29) is 23.9 Å². The summed E-state index contributed by atoms with van der Waals surface area (Å²) in [5.74, 6) is 0.173. The Hall–Kier alpha value is -1.88. The smallest absolute Gasteiger partial charge is 0.254 e. The lowest BCUT2D eigenvalue weighted by Crippen LogP contribution is -2.40. The molecule has 3 rings (SSSR count). The van der Waals surface area contributed by atoms with Crippen molar-refractivity contribution >= 4 is 11.8 Å². The molecule has 0 aliphatic carbocycles. The lowest BCUT2D eigenvalue weighted by Gasteiger charge is -2.25. The van der Waals surface area contributed by atoms with Crippen LogP contribution in [0.3, 0.4) is 0 Å². The Bertz CT molecular complexity index is 587. The number of amides is 2. The fourth-order valence-electron chi connectivity index (χ4n) is 3.60. The highest BCUT2D eigenvalue weighted by Gasteiger charge is 2.48. The number of hydrogen-bond donors (Lipinski definition) is 0. The van der Waals surface area contributed by atoms with E-state index in [0.29, 0.717) is 25.1 Å². The number of nitrogens with zero attached hydrogens (tertiary/aromatic N) is 2. The summed E-state index contributed by atoms with van der Waals surface area (Å²) in [5.41, 5.74) is 1.79. The minimum absolute atomic E-state index is 0.0115. The fourth-order valence-corrected chi connectivity index (χ4v) is 3.60. The maximum Gasteiger partial charge on any atom is 0.254 e. The number of carbonyl (C=O) groups is 2. The first-order valence-electron chi connectivity index (χ1n) is 7.78. The molecule has 2 atom stereocenters. The first-order chi connectivity index (χ1) is 10.6. The number of fused-ring (bicyclic) bond motifs is 1. The molecule has 2 fully saturated rings. The van der Waals surface area contributed by atoms with Gasteiger partial charge in [-0.2, -0.15) is 0 Å². The summed E-state index contributed by atoms with van der Waals surface area (Å²) in [6.45, 7) is 3.86. The lowest BCUT2D eigenvalue weighted by molar-refractivity contribution is -0.129. The van der Waals surface area contributed by atoms with Crippen LogP contribution in [-0.2, 0) is 9.53 Å². The largest absolute Gasteiger partial charge is 0.383 e. The molecule has 1 aromatic rings. The summed E-state index contributed by atoms with van der Waals surface area (Å²) in [6.07, 6.45) is 1.30. The number of hydrogen-bond acceptors (Lipinski definition) is 3. The van der Waals surface area contributed by atoms with Crippen LogP contribution in [0.25, 0.3) is 0 Å². The summed E-state index contributed by atoms with van der Waals surface area (Å²) in [6, 6.07) is 7.81. The molecule has 0 spiro atoms. The van der Waals surface area contributed by atoms with Crippen molar-refractivity contribution in [2.24, 2.45) is 0 Å². The zero-order chi connectivity index (χ0) is 15.7. The molecule has 2 aliphatic rings. The van der Waals surface area contributed by atoms with Gasteiger partial charge in [0.05, 0.1) is 18.7 Å². The molecule has 2 amide bonds. The molecule has 5 nitrogen and oxygen atoms in total. The van der Waals surface area contributed by atoms with Crippen LogP contribution in [0.4, 0.5) is 0 Å². The van der Waals surface area contributed by atoms with Crippen LogP contribution in [0.15, 0.2) is 24.3 Å². The van der Waals surface area contributed by atoms with E-state index in [0.717, 1.165) is 18.5 Å². The molecule has 0 radical (unpaired) electrons. The molecule has 0 saturated carbocycles. The molecule has 1 aromatic carbocycles. The van der Waals surface area contributed by atoms with Gasteiger partial charge in [0, 0.05) is 32.2 Å². The average Bonchev–Trinajstić information content (AvgIpc) is 3.03. The molecule has 2 heterocycles. The van der Waals surface area contributed by atoms with Crippen molar-refractivity contribution in [2.75, 3.05) is 26.8 Å². The van der Waals surface area contributed by atoms with Crippen molar-refractivity contribution in [3.05, 3.63) is 35.4 Å². The van der Waals surface area contributed by atoms with Gasteiger partial charge < -0.3 is 14.5 Å². The van der Waals surface area contributed by atoms with E-state index in [4.69, 9.17) is 4.74 Å². The maximum atomic E-state index is 12.7. The van der Waals surface area contributed by atoms with Crippen LogP contribution in [0.2, 0.25) is 0 Å². The summed E-state index contributed by atoms with van der Waals surface area (Å²) in [4.78, 5) is 28.7. The third-order valence-electron chi connectivity index (χ3n) is 4.68. The molecular formula is C17H22N2O3. The van der Waals surface area contributed by atoms with Gasteiger partial charge in [-0.05, 0) is 25.5 Å². The predicted molar refractivity (Wildman–Crippen MR) is 82.6 cm³/mol. The van der Waals surface area contributed by atoms with Crippen LogP contribution < -0.4 is 0 Å². The minimum Gasteiger partial charge on any atom is -0.383 e. The number of benzene rings is 1. The molecule has 2 unspecified atom stereocenters. The molecule has 0 aromatic heterocycles. The number of likely N-dealkylation sites (tertiary alicyclic amines) is 2. The maximum absolute atomic E-state index is 12.7. The summed E-state index contributed by atoms with van der Waals surface area (Å²) in [5, 5.41) is 0. The Morgan fingerprint density at radius 2 is 2.18 bits per heavy atom. The Morgan fingerprint density at radius 1 is 1.36 bits per heavy atom. The zero-order valence-corrected chi connectivity index (χ0v) is 13.1. The van der Waals surface area contributed by atoms with E-state index >= 15 is 0 Å². The highest BCUT2D eigenvalue weighted by atomic mass is 16.5. The second-order valence-electron chi connectivity index (χ2n) is 6.08. The SMILES string of the molecule is COCCN1C(=O)CC2C1CCN2C(=O)c1cccc(C)c1. The molecular weight excluding hydrogens is 280 g/mol. The zero-order valence-electron chi connectivity index (χ0n) is 13.1. The van der Waals surface area contributed by atoms with Gasteiger partial charge in [-0.1, -0.05) is 17.7 Å². The van der Waals surface area contributed by atoms with Crippen LogP contribution in [0.5, 0.6) is 0 Å². The third kappa shape index (κ3) is 2.61. The molecule has 118 valence electrons. The van der Waals surface area contributed by atoms with Gasteiger partial charge in [-0.15, -0.1) is 0 Å². The fraction of sp³-hybridized carbons (Fsp3) is 0.529. The molecule has 0 bridgehead atoms. The van der Waals surface area contributed by atoms with E-state index in [1.807, 2.05) is 41.0 Å². The third-order valence-corrected chi connectivity index (χ3v) is 4.68. The van der Waals surface area contributed by atoms with Gasteiger partial charge in [0.1, 0.15) is 0 Å². The Labute approximate surface area is 130 Å². The molecule has 0 N–H and O–H groups in total. The Morgan fingerprint density at radius 3 is 2.91 bits per heavy atom. The number of aryl methyl sites for hydroxylation is 1. The monoisotopic (exact) mass is 302 g/mol. The lowest BCUT2D eigenvalue weighted by atomic mass is 10.1. The van der Waals surface area contributed by atoms with Crippen molar-refractivity contribution in [2.45, 2.75) is 31.8 Å². The van der Waals surface area contributed by atoms with E-state index in [1.54, 1.807) is 7.11 Å². The van der Waals surface area contributed by atoms with E-state index < -0.39 is 0 Å². The number of carbonyl (C=O) groups excluding carboxylic acids is 2. The van der Waals surface area contributed by atoms with Crippen molar-refractivity contribution in [1.29, 1.82) is 0 Å². The Balaban J connectivity index is 1.75. The van der Waals surface area contributed by atoms with Gasteiger partial charge in [0.2, 0.25) is 5.91 Å². The summed E-state index contributed by atoms with van der Waals surface area (Å²) < 4.78 is 5.08. The molecule has 5 heteroatoms. The van der Waals surface area contributed by atoms with Crippen LogP contribution in [0, 0.1) is 6.92 Å². The van der Waals surface area contributed by atoms with Gasteiger partial charge in [0.15, 0.2) is 0 Å². The van der Waals surface area contributed by atoms with Crippen molar-refractivity contribution in [3.8, 4) is 0 Å². The van der Waals surface area contributed by atoms with E-state index in [2.05, 4.69) is 0 Å². The van der Waals surface area contributed by atoms with Crippen molar-refractivity contribution in [3.63, 3.8) is 0 Å². The van der Waals surface area contributed by atoms with Crippen LogP contribution in [-0.4, -0.2) is 60.5 Å². The number of rotatable bonds is 4. The van der Waals surface area contributed by atoms with Gasteiger partial charge in [0.25, 0.3) is 5.91 Å². The van der Waals surface area contributed by atoms with Gasteiger partial charge in [-0.25, -0.2) is 0 Å². The quantitative estimate of drug-likeness (QED) is 0.846. The van der Waals surface area contributed by atoms with Gasteiger partial charge in [-0.3, -0.25) is 9.59 Å². The molecule has 2 aliphatic heterocycles. The van der Waals surface area contributed by atoms with Crippen LogP contribution in [0.1, 0.15) is 28.8 Å². The van der Waals surface area contributed by atoms with E-state index in [1.165, 1.54) is 0 Å². The normalized spacial score (nSPS) is 24.0. The standard InChI is InChI=1S/C17H22N2O3/c1-12-4-3-5-13(10-12)17(21)19-7-6-14-15(19)11-16(20)18(14)8-9-22-2/h3-5,10,14-15H,6-9,11H2,1-2H3. The summed E-state index contributed by atoms with van der Waals surface area (Å²) in [7, 11) is 1.64. The number of ether oxygens (including phenoxy) is 1. The Kier molecular flexibility index (Phi) is 4.16. The highest BCUT2D eigenvalue weighted by molar-refractivity contribution is 5.95. The molecule has 22 heavy (non-hydrogen) atoms. The van der Waals surface area contributed by atoms with Crippen molar-refractivity contribution in [1.82, 2.24) is 9.80 Å². The summed E-state index contributed by atoms with van der Waals surface area (Å²) >= 11 is 0. The molecule has 2 saturated heterocycles. The predicted octanol–water partition coefficient (Wildman–Crippen LogP) is 1.46. The average molecular weight is 302 g/mol. The topological polar surface area (TPSA) is 49.9 Å². The first kappa shape index (κ1) is 15.0. The number of methoxy groups -OCH3 is 1. The first-order valence-corrected chi connectivity index (χ1v) is 7.78. The van der Waals surface area contributed by atoms with Gasteiger partial charge >= 0.3 is 0 Å². The highest BCUT2D eigenvalue weighted by Crippen LogP contribution is 2.33. The van der Waals surface area contributed by atoms with Crippen LogP contribution >= 0.6 is 0 Å². The van der Waals surface area contributed by atoms with Crippen molar-refractivity contribution < 1.29 is 14.3 Å². The second kappa shape index (κ2) is 6.08.